The van der Waals surface area contributed by atoms with Crippen molar-refractivity contribution in [1.82, 2.24) is 0 Å². The Kier molecular flexibility index (Phi) is 4.67. The maximum absolute atomic E-state index is 15.0. The Balaban J connectivity index is 1.77. The third-order valence-corrected chi connectivity index (χ3v) is 6.01. The predicted octanol–water partition coefficient (Wildman–Crippen LogP) is 6.14. The van der Waals surface area contributed by atoms with Crippen LogP contribution in [-0.4, -0.2) is 13.1 Å². The summed E-state index contributed by atoms with van der Waals surface area (Å²) in [6.45, 7) is 3.88. The summed E-state index contributed by atoms with van der Waals surface area (Å²) in [5.41, 5.74) is 2.87. The van der Waals surface area contributed by atoms with Crippen molar-refractivity contribution >= 4 is 17.0 Å². The van der Waals surface area contributed by atoms with Gasteiger partial charge in [-0.1, -0.05) is 6.07 Å². The maximum Gasteiger partial charge on any atom is 0.141 e. The van der Waals surface area contributed by atoms with Crippen LogP contribution in [0, 0.1) is 29.9 Å². The molecule has 1 saturated heterocycles. The smallest absolute Gasteiger partial charge is 0.141 e. The number of rotatable bonds is 3. The van der Waals surface area contributed by atoms with Gasteiger partial charge in [-0.3, -0.25) is 0 Å². The lowest BCUT2D eigenvalue weighted by Gasteiger charge is -2.18. The van der Waals surface area contributed by atoms with Gasteiger partial charge in [0, 0.05) is 39.7 Å². The van der Waals surface area contributed by atoms with Gasteiger partial charge in [-0.2, -0.15) is 5.26 Å². The molecule has 1 aliphatic heterocycles. The van der Waals surface area contributed by atoms with Crippen LogP contribution in [0.25, 0.3) is 21.6 Å². The molecule has 2 heterocycles. The summed E-state index contributed by atoms with van der Waals surface area (Å²) in [7, 11) is 0. The number of halogens is 2. The van der Waals surface area contributed by atoms with Crippen molar-refractivity contribution in [2.45, 2.75) is 19.8 Å². The zero-order chi connectivity index (χ0) is 19.0. The van der Waals surface area contributed by atoms with Gasteiger partial charge in [-0.15, -0.1) is 11.3 Å². The average molecular weight is 380 g/mol. The monoisotopic (exact) mass is 380 g/mol. The van der Waals surface area contributed by atoms with Crippen LogP contribution in [0.3, 0.4) is 0 Å². The molecule has 1 fully saturated rings. The van der Waals surface area contributed by atoms with Gasteiger partial charge in [0.15, 0.2) is 0 Å². The van der Waals surface area contributed by atoms with Gasteiger partial charge in [0.1, 0.15) is 17.7 Å². The molecule has 1 aromatic heterocycles. The van der Waals surface area contributed by atoms with E-state index < -0.39 is 5.82 Å². The van der Waals surface area contributed by atoms with E-state index >= 15 is 0 Å². The number of anilines is 1. The first-order chi connectivity index (χ1) is 13.1. The third kappa shape index (κ3) is 3.33. The molecule has 1 aliphatic rings. The highest BCUT2D eigenvalue weighted by Gasteiger charge is 2.19. The molecule has 0 atom stereocenters. The Morgan fingerprint density at radius 2 is 1.74 bits per heavy atom. The number of hydrogen-bond donors (Lipinski definition) is 0. The fourth-order valence-corrected chi connectivity index (χ4v) is 4.62. The summed E-state index contributed by atoms with van der Waals surface area (Å²) in [5.74, 6) is -0.828. The van der Waals surface area contributed by atoms with Gasteiger partial charge in [-0.25, -0.2) is 8.78 Å². The Bertz CT molecular complexity index is 1040. The van der Waals surface area contributed by atoms with Crippen LogP contribution >= 0.6 is 11.3 Å². The lowest BCUT2D eigenvalue weighted by Crippen LogP contribution is -2.17. The molecule has 0 spiro atoms. The number of thiophene rings is 1. The van der Waals surface area contributed by atoms with Gasteiger partial charge in [-0.05, 0) is 61.7 Å². The molecule has 27 heavy (non-hydrogen) atoms. The second-order valence-corrected chi connectivity index (χ2v) is 8.02. The van der Waals surface area contributed by atoms with Crippen molar-refractivity contribution < 1.29 is 8.78 Å². The van der Waals surface area contributed by atoms with Gasteiger partial charge >= 0.3 is 0 Å². The Morgan fingerprint density at radius 3 is 2.41 bits per heavy atom. The van der Waals surface area contributed by atoms with E-state index in [2.05, 4.69) is 4.90 Å². The van der Waals surface area contributed by atoms with Gasteiger partial charge in [0.25, 0.3) is 0 Å². The van der Waals surface area contributed by atoms with E-state index in [0.29, 0.717) is 11.1 Å². The van der Waals surface area contributed by atoms with Crippen LogP contribution < -0.4 is 4.90 Å². The second kappa shape index (κ2) is 7.13. The highest BCUT2D eigenvalue weighted by Crippen LogP contribution is 2.41. The summed E-state index contributed by atoms with van der Waals surface area (Å²) in [6.07, 6.45) is 2.28. The van der Waals surface area contributed by atoms with E-state index in [1.807, 2.05) is 31.2 Å². The van der Waals surface area contributed by atoms with Crippen LogP contribution in [0.4, 0.5) is 14.5 Å². The van der Waals surface area contributed by atoms with Gasteiger partial charge < -0.3 is 4.90 Å². The molecule has 2 nitrogen and oxygen atoms in total. The zero-order valence-electron chi connectivity index (χ0n) is 14.9. The van der Waals surface area contributed by atoms with Crippen molar-refractivity contribution in [1.29, 1.82) is 5.26 Å². The topological polar surface area (TPSA) is 27.0 Å². The molecule has 0 amide bonds. The van der Waals surface area contributed by atoms with Crippen LogP contribution in [0.5, 0.6) is 0 Å². The first-order valence-corrected chi connectivity index (χ1v) is 9.74. The molecule has 0 radical (unpaired) electrons. The molecule has 2 aromatic carbocycles. The molecule has 0 N–H and O–H groups in total. The summed E-state index contributed by atoms with van der Waals surface area (Å²) < 4.78 is 29.0. The van der Waals surface area contributed by atoms with E-state index in [0.717, 1.165) is 46.9 Å². The molecule has 0 bridgehead atoms. The molecule has 5 heteroatoms. The fourth-order valence-electron chi connectivity index (χ4n) is 3.56. The summed E-state index contributed by atoms with van der Waals surface area (Å²) in [5, 5.41) is 8.93. The van der Waals surface area contributed by atoms with Crippen molar-refractivity contribution in [3.63, 3.8) is 0 Å². The Labute approximate surface area is 161 Å². The minimum Gasteiger partial charge on any atom is -0.371 e. The molecular formula is C22H18F2N2S. The standard InChI is InChI=1S/C22H18F2N2S/c1-14-10-19(15-4-5-16(13-25)20(23)11-15)22(27-14)18-7-6-17(12-21(18)24)26-8-2-3-9-26/h4-7,10-12H,2-3,8-9H2,1H3. The molecule has 0 saturated carbocycles. The molecule has 3 aromatic rings. The quantitative estimate of drug-likeness (QED) is 0.546. The summed E-state index contributed by atoms with van der Waals surface area (Å²) >= 11 is 1.49. The van der Waals surface area contributed by atoms with Crippen molar-refractivity contribution in [2.75, 3.05) is 18.0 Å². The van der Waals surface area contributed by atoms with E-state index in [4.69, 9.17) is 5.26 Å². The number of benzene rings is 2. The molecule has 4 rings (SSSR count). The normalized spacial score (nSPS) is 13.8. The third-order valence-electron chi connectivity index (χ3n) is 4.92. The number of hydrogen-bond acceptors (Lipinski definition) is 3. The van der Waals surface area contributed by atoms with Crippen molar-refractivity contribution in [2.24, 2.45) is 0 Å². The van der Waals surface area contributed by atoms with E-state index in [1.54, 1.807) is 12.1 Å². The lowest BCUT2D eigenvalue weighted by molar-refractivity contribution is 0.624. The van der Waals surface area contributed by atoms with E-state index in [1.165, 1.54) is 23.5 Å². The average Bonchev–Trinajstić information content (AvgIpc) is 3.31. The minimum atomic E-state index is -0.561. The maximum atomic E-state index is 15.0. The first-order valence-electron chi connectivity index (χ1n) is 8.92. The minimum absolute atomic E-state index is 0.00778. The predicted molar refractivity (Wildman–Crippen MR) is 106 cm³/mol. The van der Waals surface area contributed by atoms with Gasteiger partial charge in [0.2, 0.25) is 0 Å². The molecule has 136 valence electrons. The Morgan fingerprint density at radius 1 is 0.963 bits per heavy atom. The fraction of sp³-hybridized carbons (Fsp3) is 0.227. The highest BCUT2D eigenvalue weighted by molar-refractivity contribution is 7.16. The Hall–Kier alpha value is -2.71. The lowest BCUT2D eigenvalue weighted by atomic mass is 10.0. The number of nitriles is 1. The van der Waals surface area contributed by atoms with Crippen LogP contribution in [0.15, 0.2) is 42.5 Å². The van der Waals surface area contributed by atoms with Crippen LogP contribution in [0.2, 0.25) is 0 Å². The SMILES string of the molecule is Cc1cc(-c2ccc(C#N)c(F)c2)c(-c2ccc(N3CCCC3)cc2F)s1. The molecule has 0 aliphatic carbocycles. The number of aryl methyl sites for hydroxylation is 1. The summed E-state index contributed by atoms with van der Waals surface area (Å²) in [6, 6.07) is 13.7. The largest absolute Gasteiger partial charge is 0.371 e. The van der Waals surface area contributed by atoms with Gasteiger partial charge in [0.05, 0.1) is 5.56 Å². The summed E-state index contributed by atoms with van der Waals surface area (Å²) in [4.78, 5) is 4.00. The van der Waals surface area contributed by atoms with Crippen molar-refractivity contribution in [3.8, 4) is 27.6 Å². The van der Waals surface area contributed by atoms with Crippen LogP contribution in [-0.2, 0) is 0 Å². The van der Waals surface area contributed by atoms with E-state index in [-0.39, 0.29) is 11.4 Å². The van der Waals surface area contributed by atoms with Crippen LogP contribution in [0.1, 0.15) is 23.3 Å². The number of nitrogens with zero attached hydrogens (tertiary/aromatic N) is 2. The van der Waals surface area contributed by atoms with E-state index in [9.17, 15) is 8.78 Å². The second-order valence-electron chi connectivity index (χ2n) is 6.76. The zero-order valence-corrected chi connectivity index (χ0v) is 15.7. The van der Waals surface area contributed by atoms with Crippen molar-refractivity contribution in [3.05, 3.63) is 64.5 Å². The molecule has 0 unspecified atom stereocenters. The molecular weight excluding hydrogens is 362 g/mol. The first kappa shape index (κ1) is 17.7. The highest BCUT2D eigenvalue weighted by atomic mass is 32.1.